The molecule has 5 rings (SSSR count). The number of pyridine rings is 1. The number of ether oxygens (including phenoxy) is 1. The Labute approximate surface area is 174 Å². The van der Waals surface area contributed by atoms with Crippen molar-refractivity contribution in [1.82, 2.24) is 9.13 Å². The van der Waals surface area contributed by atoms with Crippen molar-refractivity contribution in [2.24, 2.45) is 7.05 Å². The molecule has 0 N–H and O–H groups in total. The van der Waals surface area contributed by atoms with E-state index in [1.54, 1.807) is 11.6 Å². The molecule has 0 aliphatic heterocycles. The maximum Gasteiger partial charge on any atom is 0.274 e. The molecule has 0 atom stereocenters. The minimum atomic E-state index is -0.00589. The largest absolute Gasteiger partial charge is 0.488 e. The third kappa shape index (κ3) is 3.16. The zero-order chi connectivity index (χ0) is 20.5. The number of benzene rings is 3. The molecule has 0 aliphatic rings. The lowest BCUT2D eigenvalue weighted by molar-refractivity contribution is 0.310. The van der Waals surface area contributed by atoms with Gasteiger partial charge in [-0.25, -0.2) is 0 Å². The molecule has 0 spiro atoms. The van der Waals surface area contributed by atoms with Gasteiger partial charge in [0, 0.05) is 30.6 Å². The highest BCUT2D eigenvalue weighted by molar-refractivity contribution is 6.11. The summed E-state index contributed by atoms with van der Waals surface area (Å²) in [6.07, 6.45) is 1.82. The van der Waals surface area contributed by atoms with E-state index in [4.69, 9.17) is 4.74 Å². The topological polar surface area (TPSA) is 36.2 Å². The van der Waals surface area contributed by atoms with Crippen molar-refractivity contribution in [1.29, 1.82) is 0 Å². The van der Waals surface area contributed by atoms with Crippen LogP contribution in [-0.4, -0.2) is 9.13 Å². The fourth-order valence-corrected chi connectivity index (χ4v) is 4.00. The summed E-state index contributed by atoms with van der Waals surface area (Å²) in [5, 5.41) is 1.91. The zero-order valence-corrected chi connectivity index (χ0v) is 16.8. The monoisotopic (exact) mass is 394 g/mol. The van der Waals surface area contributed by atoms with Crippen molar-refractivity contribution in [2.45, 2.75) is 13.2 Å². The zero-order valence-electron chi connectivity index (χ0n) is 16.8. The van der Waals surface area contributed by atoms with Gasteiger partial charge in [-0.2, -0.15) is 0 Å². The first-order chi connectivity index (χ1) is 14.7. The van der Waals surface area contributed by atoms with Crippen LogP contribution in [0.3, 0.4) is 0 Å². The van der Waals surface area contributed by atoms with Crippen LogP contribution >= 0.6 is 0 Å². The third-order valence-electron chi connectivity index (χ3n) is 5.50. The van der Waals surface area contributed by atoms with Crippen LogP contribution in [0.1, 0.15) is 11.1 Å². The average molecular weight is 394 g/mol. The molecule has 0 amide bonds. The molecule has 148 valence electrons. The number of aryl methyl sites for hydroxylation is 1. The Morgan fingerprint density at radius 1 is 0.800 bits per heavy atom. The molecular formula is C26H22N2O2. The summed E-state index contributed by atoms with van der Waals surface area (Å²) in [6, 6.07) is 28.4. The Kier molecular flexibility index (Phi) is 4.60. The van der Waals surface area contributed by atoms with E-state index in [0.717, 1.165) is 33.2 Å². The molecule has 0 saturated carbocycles. The Bertz CT molecular complexity index is 1380. The van der Waals surface area contributed by atoms with Crippen molar-refractivity contribution in [3.63, 3.8) is 0 Å². The van der Waals surface area contributed by atoms with Gasteiger partial charge in [0.05, 0.1) is 5.52 Å². The number of aromatic nitrogens is 2. The average Bonchev–Trinajstić information content (AvgIpc) is 3.11. The molecule has 0 bridgehead atoms. The molecule has 0 unspecified atom stereocenters. The minimum Gasteiger partial charge on any atom is -0.488 e. The molecule has 0 aliphatic carbocycles. The van der Waals surface area contributed by atoms with Gasteiger partial charge in [0.15, 0.2) is 0 Å². The summed E-state index contributed by atoms with van der Waals surface area (Å²) in [7, 11) is 1.79. The fraction of sp³-hybridized carbons (Fsp3) is 0.115. The lowest BCUT2D eigenvalue weighted by atomic mass is 10.1. The van der Waals surface area contributed by atoms with Gasteiger partial charge in [0.1, 0.15) is 17.9 Å². The highest BCUT2D eigenvalue weighted by atomic mass is 16.5. The standard InChI is InChI=1S/C26H22N2O2/c1-27-16-15-21-24-22(13-8-14-23(24)30-18-20-11-6-3-7-12-20)28(25(21)26(27)29)17-19-9-4-2-5-10-19/h2-16H,17-18H2,1H3. The summed E-state index contributed by atoms with van der Waals surface area (Å²) in [6.45, 7) is 1.11. The molecule has 3 aromatic carbocycles. The van der Waals surface area contributed by atoms with Gasteiger partial charge in [0.2, 0.25) is 0 Å². The fourth-order valence-electron chi connectivity index (χ4n) is 4.00. The molecule has 0 radical (unpaired) electrons. The van der Waals surface area contributed by atoms with Crippen molar-refractivity contribution >= 4 is 21.8 Å². The van der Waals surface area contributed by atoms with Gasteiger partial charge in [-0.3, -0.25) is 4.79 Å². The quantitative estimate of drug-likeness (QED) is 0.415. The molecule has 4 heteroatoms. The summed E-state index contributed by atoms with van der Waals surface area (Å²) in [4.78, 5) is 13.1. The van der Waals surface area contributed by atoms with Crippen LogP contribution in [-0.2, 0) is 20.2 Å². The van der Waals surface area contributed by atoms with E-state index in [1.165, 1.54) is 0 Å². The van der Waals surface area contributed by atoms with E-state index >= 15 is 0 Å². The van der Waals surface area contributed by atoms with Gasteiger partial charge in [-0.15, -0.1) is 0 Å². The second-order valence-electron chi connectivity index (χ2n) is 7.49. The molecule has 5 aromatic rings. The molecule has 0 fully saturated rings. The van der Waals surface area contributed by atoms with E-state index in [0.29, 0.717) is 18.7 Å². The summed E-state index contributed by atoms with van der Waals surface area (Å²) in [5.74, 6) is 0.793. The molecule has 2 aromatic heterocycles. The van der Waals surface area contributed by atoms with Crippen LogP contribution in [0, 0.1) is 0 Å². The van der Waals surface area contributed by atoms with Gasteiger partial charge in [0.25, 0.3) is 5.56 Å². The van der Waals surface area contributed by atoms with Crippen molar-refractivity contribution in [3.8, 4) is 5.75 Å². The van der Waals surface area contributed by atoms with E-state index < -0.39 is 0 Å². The number of fused-ring (bicyclic) bond motifs is 3. The van der Waals surface area contributed by atoms with Gasteiger partial charge in [-0.05, 0) is 29.3 Å². The minimum absolute atomic E-state index is 0.00589. The Morgan fingerprint density at radius 2 is 1.50 bits per heavy atom. The van der Waals surface area contributed by atoms with E-state index in [-0.39, 0.29) is 5.56 Å². The lowest BCUT2D eigenvalue weighted by Gasteiger charge is -2.10. The van der Waals surface area contributed by atoms with Crippen LogP contribution in [0.25, 0.3) is 21.8 Å². The third-order valence-corrected chi connectivity index (χ3v) is 5.50. The number of rotatable bonds is 5. The summed E-state index contributed by atoms with van der Waals surface area (Å²) >= 11 is 0. The van der Waals surface area contributed by atoms with Gasteiger partial charge in [-0.1, -0.05) is 66.7 Å². The molecule has 0 saturated heterocycles. The van der Waals surface area contributed by atoms with E-state index in [9.17, 15) is 4.79 Å². The Morgan fingerprint density at radius 3 is 2.23 bits per heavy atom. The normalized spacial score (nSPS) is 11.2. The van der Waals surface area contributed by atoms with Gasteiger partial charge >= 0.3 is 0 Å². The van der Waals surface area contributed by atoms with Crippen LogP contribution in [0.2, 0.25) is 0 Å². The summed E-state index contributed by atoms with van der Waals surface area (Å²) < 4.78 is 9.97. The van der Waals surface area contributed by atoms with Crippen molar-refractivity contribution < 1.29 is 4.74 Å². The number of nitrogens with zero attached hydrogens (tertiary/aromatic N) is 2. The highest BCUT2D eigenvalue weighted by Crippen LogP contribution is 2.35. The second-order valence-corrected chi connectivity index (χ2v) is 7.49. The number of hydrogen-bond acceptors (Lipinski definition) is 2. The highest BCUT2D eigenvalue weighted by Gasteiger charge is 2.18. The molecule has 30 heavy (non-hydrogen) atoms. The van der Waals surface area contributed by atoms with Crippen LogP contribution in [0.4, 0.5) is 0 Å². The van der Waals surface area contributed by atoms with E-state index in [1.807, 2.05) is 60.8 Å². The van der Waals surface area contributed by atoms with Crippen LogP contribution in [0.15, 0.2) is 95.9 Å². The first-order valence-corrected chi connectivity index (χ1v) is 10.0. The Balaban J connectivity index is 1.70. The predicted molar refractivity (Wildman–Crippen MR) is 121 cm³/mol. The van der Waals surface area contributed by atoms with Crippen molar-refractivity contribution in [2.75, 3.05) is 0 Å². The number of hydrogen-bond donors (Lipinski definition) is 0. The smallest absolute Gasteiger partial charge is 0.274 e. The second kappa shape index (κ2) is 7.56. The molecular weight excluding hydrogens is 372 g/mol. The molecule has 2 heterocycles. The predicted octanol–water partition coefficient (Wildman–Crippen LogP) is 5.12. The maximum absolute atomic E-state index is 13.1. The van der Waals surface area contributed by atoms with Gasteiger partial charge < -0.3 is 13.9 Å². The Hall–Kier alpha value is -3.79. The van der Waals surface area contributed by atoms with E-state index in [2.05, 4.69) is 34.9 Å². The van der Waals surface area contributed by atoms with Crippen molar-refractivity contribution in [3.05, 3.63) is 113 Å². The van der Waals surface area contributed by atoms with Crippen LogP contribution < -0.4 is 10.3 Å². The first kappa shape index (κ1) is 18.3. The lowest BCUT2D eigenvalue weighted by Crippen LogP contribution is -2.18. The van der Waals surface area contributed by atoms with Crippen LogP contribution in [0.5, 0.6) is 5.75 Å². The summed E-state index contributed by atoms with van der Waals surface area (Å²) in [5.41, 5.74) is 3.96. The first-order valence-electron chi connectivity index (χ1n) is 10.0. The molecule has 4 nitrogen and oxygen atoms in total. The SMILES string of the molecule is Cn1ccc2c3c(OCc4ccccc4)cccc3n(Cc3ccccc3)c2c1=O. The maximum atomic E-state index is 13.1.